The molecule has 0 N–H and O–H groups in total. The summed E-state index contributed by atoms with van der Waals surface area (Å²) in [4.78, 5) is 20.3. The number of hydrogen-bond acceptors (Lipinski definition) is 6. The quantitative estimate of drug-likeness (QED) is 0.156. The monoisotopic (exact) mass is 818 g/mol. The van der Waals surface area contributed by atoms with Gasteiger partial charge in [0.1, 0.15) is 16.7 Å². The van der Waals surface area contributed by atoms with E-state index in [9.17, 15) is 0 Å². The smallest absolute Gasteiger partial charge is 0.228 e. The SMILES string of the molecule is c1ccc(-c2nc(-c3ccccc3)nc(-c3ccc(-c4ccc(-c5cc6oc7ccccc7c6c6oc(-c7c8ccccc8cc8ccccc78)nc56)c5ccccc45)cc3)n2)cc1. The maximum atomic E-state index is 7.04. The van der Waals surface area contributed by atoms with E-state index in [1.807, 2.05) is 78.9 Å². The number of fused-ring (bicyclic) bond motifs is 8. The van der Waals surface area contributed by atoms with Crippen LogP contribution in [0.4, 0.5) is 0 Å². The van der Waals surface area contributed by atoms with Crippen molar-refractivity contribution in [3.63, 3.8) is 0 Å². The van der Waals surface area contributed by atoms with Crippen molar-refractivity contribution in [3.8, 4) is 67.9 Å². The van der Waals surface area contributed by atoms with E-state index in [-0.39, 0.29) is 0 Å². The van der Waals surface area contributed by atoms with Crippen molar-refractivity contribution in [2.75, 3.05) is 0 Å². The van der Waals surface area contributed by atoms with Gasteiger partial charge < -0.3 is 8.83 Å². The van der Waals surface area contributed by atoms with Crippen LogP contribution in [-0.4, -0.2) is 19.9 Å². The lowest BCUT2D eigenvalue weighted by atomic mass is 9.91. The van der Waals surface area contributed by atoms with Gasteiger partial charge in [-0.2, -0.15) is 0 Å². The van der Waals surface area contributed by atoms with Crippen LogP contribution >= 0.6 is 0 Å². The van der Waals surface area contributed by atoms with Crippen LogP contribution in [-0.2, 0) is 0 Å². The van der Waals surface area contributed by atoms with Gasteiger partial charge in [-0.05, 0) is 67.2 Å². The molecule has 13 aromatic rings. The molecule has 0 saturated carbocycles. The molecule has 0 amide bonds. The van der Waals surface area contributed by atoms with E-state index in [1.165, 1.54) is 0 Å². The Kier molecular flexibility index (Phi) is 8.11. The summed E-state index contributed by atoms with van der Waals surface area (Å²) in [5.74, 6) is 2.46. The summed E-state index contributed by atoms with van der Waals surface area (Å²) >= 11 is 0. The van der Waals surface area contributed by atoms with E-state index < -0.39 is 0 Å². The predicted molar refractivity (Wildman–Crippen MR) is 260 cm³/mol. The highest BCUT2D eigenvalue weighted by Gasteiger charge is 2.24. The summed E-state index contributed by atoms with van der Waals surface area (Å²) in [7, 11) is 0. The fourth-order valence-electron chi connectivity index (χ4n) is 9.35. The highest BCUT2D eigenvalue weighted by molar-refractivity contribution is 6.22. The van der Waals surface area contributed by atoms with E-state index in [0.717, 1.165) is 104 Å². The molecule has 0 aliphatic rings. The molecule has 64 heavy (non-hydrogen) atoms. The van der Waals surface area contributed by atoms with Crippen LogP contribution in [0.1, 0.15) is 0 Å². The second kappa shape index (κ2) is 14.4. The number of nitrogens with zero attached hydrogens (tertiary/aromatic N) is 4. The lowest BCUT2D eigenvalue weighted by Crippen LogP contribution is -2.00. The first-order chi connectivity index (χ1) is 31.7. The van der Waals surface area contributed by atoms with Gasteiger partial charge in [-0.25, -0.2) is 19.9 Å². The average Bonchev–Trinajstić information content (AvgIpc) is 3.97. The number of hydrogen-bond donors (Lipinski definition) is 0. The van der Waals surface area contributed by atoms with Gasteiger partial charge in [0, 0.05) is 27.6 Å². The van der Waals surface area contributed by atoms with Gasteiger partial charge in [0.25, 0.3) is 0 Å². The van der Waals surface area contributed by atoms with E-state index in [2.05, 4.69) is 127 Å². The van der Waals surface area contributed by atoms with Gasteiger partial charge in [0.2, 0.25) is 5.89 Å². The van der Waals surface area contributed by atoms with Crippen molar-refractivity contribution >= 4 is 65.4 Å². The summed E-state index contributed by atoms with van der Waals surface area (Å²) in [5, 5.41) is 8.57. The molecule has 0 aliphatic carbocycles. The Hall–Kier alpha value is -8.74. The van der Waals surface area contributed by atoms with Crippen LogP contribution in [0, 0.1) is 0 Å². The lowest BCUT2D eigenvalue weighted by molar-refractivity contribution is 0.623. The molecule has 0 spiro atoms. The van der Waals surface area contributed by atoms with Gasteiger partial charge in [0.05, 0.1) is 10.9 Å². The molecule has 10 aromatic carbocycles. The summed E-state index contributed by atoms with van der Waals surface area (Å²) < 4.78 is 13.6. The summed E-state index contributed by atoms with van der Waals surface area (Å²) in [5.41, 5.74) is 11.0. The molecule has 0 atom stereocenters. The van der Waals surface area contributed by atoms with Crippen LogP contribution in [0.25, 0.3) is 133 Å². The summed E-state index contributed by atoms with van der Waals surface area (Å²) in [6.45, 7) is 0. The Balaban J connectivity index is 0.973. The van der Waals surface area contributed by atoms with Gasteiger partial charge in [-0.3, -0.25) is 0 Å². The minimum absolute atomic E-state index is 0.577. The molecule has 3 aromatic heterocycles. The second-order valence-electron chi connectivity index (χ2n) is 16.1. The van der Waals surface area contributed by atoms with Crippen LogP contribution in [0.5, 0.6) is 0 Å². The second-order valence-corrected chi connectivity index (χ2v) is 16.1. The molecule has 298 valence electrons. The molecule has 0 radical (unpaired) electrons. The van der Waals surface area contributed by atoms with Crippen LogP contribution in [0.3, 0.4) is 0 Å². The summed E-state index contributed by atoms with van der Waals surface area (Å²) in [6, 6.07) is 71.1. The number of para-hydroxylation sites is 1. The van der Waals surface area contributed by atoms with E-state index >= 15 is 0 Å². The fraction of sp³-hybridized carbons (Fsp3) is 0. The third kappa shape index (κ3) is 5.81. The van der Waals surface area contributed by atoms with Crippen molar-refractivity contribution in [2.45, 2.75) is 0 Å². The van der Waals surface area contributed by atoms with Crippen molar-refractivity contribution in [1.29, 1.82) is 0 Å². The number of benzene rings is 10. The normalized spacial score (nSPS) is 11.8. The standard InChI is InChI=1S/C58H34N4O2/c1-3-15-36(16-4-1)55-60-56(37-17-5-2-6-18-37)62-57(61-55)38-29-27-35(28-30-38)41-31-32-46(45-24-12-11-23-44(41)45)48-34-50-52(47-25-13-14-26-49(47)63-50)54-53(48)59-58(64-54)51-42-21-9-7-19-39(42)33-40-20-8-10-22-43(40)51/h1-34H. The number of oxazole rings is 1. The Bertz CT molecular complexity index is 3840. The first kappa shape index (κ1) is 36.0. The highest BCUT2D eigenvalue weighted by atomic mass is 16.4. The van der Waals surface area contributed by atoms with Gasteiger partial charge in [-0.1, -0.05) is 188 Å². The van der Waals surface area contributed by atoms with Gasteiger partial charge in [-0.15, -0.1) is 0 Å². The van der Waals surface area contributed by atoms with Crippen LogP contribution < -0.4 is 0 Å². The minimum atomic E-state index is 0.577. The molecule has 0 aliphatic heterocycles. The van der Waals surface area contributed by atoms with E-state index in [0.29, 0.717) is 28.9 Å². The first-order valence-corrected chi connectivity index (χ1v) is 21.4. The lowest BCUT2D eigenvalue weighted by Gasteiger charge is -2.13. The molecule has 0 unspecified atom stereocenters. The first-order valence-electron chi connectivity index (χ1n) is 21.4. The number of rotatable bonds is 6. The highest BCUT2D eigenvalue weighted by Crippen LogP contribution is 2.46. The van der Waals surface area contributed by atoms with E-state index in [1.54, 1.807) is 0 Å². The Morgan fingerprint density at radius 2 is 0.797 bits per heavy atom. The maximum Gasteiger partial charge on any atom is 0.228 e. The largest absolute Gasteiger partial charge is 0.456 e. The molecular formula is C58H34N4O2. The Morgan fingerprint density at radius 1 is 0.312 bits per heavy atom. The minimum Gasteiger partial charge on any atom is -0.456 e. The third-order valence-corrected chi connectivity index (χ3v) is 12.4. The van der Waals surface area contributed by atoms with Gasteiger partial charge in [0.15, 0.2) is 23.1 Å². The maximum absolute atomic E-state index is 7.04. The predicted octanol–water partition coefficient (Wildman–Crippen LogP) is 15.4. The Labute approximate surface area is 366 Å². The summed E-state index contributed by atoms with van der Waals surface area (Å²) in [6.07, 6.45) is 0. The molecule has 3 heterocycles. The topological polar surface area (TPSA) is 77.8 Å². The molecule has 6 heteroatoms. The zero-order valence-corrected chi connectivity index (χ0v) is 34.2. The molecule has 0 fully saturated rings. The molecule has 6 nitrogen and oxygen atoms in total. The fourth-order valence-corrected chi connectivity index (χ4v) is 9.35. The van der Waals surface area contributed by atoms with Crippen molar-refractivity contribution < 1.29 is 8.83 Å². The number of furan rings is 1. The Morgan fingerprint density at radius 3 is 1.42 bits per heavy atom. The number of aromatic nitrogens is 4. The zero-order chi connectivity index (χ0) is 42.1. The van der Waals surface area contributed by atoms with E-state index in [4.69, 9.17) is 28.8 Å². The molecular weight excluding hydrogens is 785 g/mol. The molecule has 13 rings (SSSR count). The third-order valence-electron chi connectivity index (χ3n) is 12.4. The molecule has 0 bridgehead atoms. The van der Waals surface area contributed by atoms with Crippen LogP contribution in [0.15, 0.2) is 215 Å². The van der Waals surface area contributed by atoms with Crippen molar-refractivity contribution in [3.05, 3.63) is 206 Å². The zero-order valence-electron chi connectivity index (χ0n) is 34.2. The van der Waals surface area contributed by atoms with Gasteiger partial charge >= 0.3 is 0 Å². The van der Waals surface area contributed by atoms with Crippen molar-refractivity contribution in [2.24, 2.45) is 0 Å². The average molecular weight is 819 g/mol. The van der Waals surface area contributed by atoms with Crippen LogP contribution in [0.2, 0.25) is 0 Å². The van der Waals surface area contributed by atoms with Crippen molar-refractivity contribution in [1.82, 2.24) is 19.9 Å². The molecule has 0 saturated heterocycles.